The predicted octanol–water partition coefficient (Wildman–Crippen LogP) is 2.55. The maximum absolute atomic E-state index is 3.46. The molecule has 1 aliphatic carbocycles. The van der Waals surface area contributed by atoms with Gasteiger partial charge in [0.15, 0.2) is 0 Å². The SMILES string of the molecule is Brc1ccccc1C1C#C1. The van der Waals surface area contributed by atoms with Crippen LogP contribution < -0.4 is 0 Å². The van der Waals surface area contributed by atoms with Crippen LogP contribution in [0.15, 0.2) is 28.7 Å². The Kier molecular flexibility index (Phi) is 1.28. The Balaban J connectivity index is 2.40. The van der Waals surface area contributed by atoms with Gasteiger partial charge in [0.2, 0.25) is 0 Å². The van der Waals surface area contributed by atoms with Crippen molar-refractivity contribution in [2.24, 2.45) is 0 Å². The normalized spacial score (nSPS) is 14.1. The van der Waals surface area contributed by atoms with E-state index in [1.165, 1.54) is 5.56 Å². The van der Waals surface area contributed by atoms with Gasteiger partial charge in [-0.05, 0) is 11.6 Å². The first-order valence-corrected chi connectivity index (χ1v) is 3.93. The van der Waals surface area contributed by atoms with Gasteiger partial charge in [-0.1, -0.05) is 46.0 Å². The molecule has 0 unspecified atom stereocenters. The van der Waals surface area contributed by atoms with E-state index in [-0.39, 0.29) is 0 Å². The van der Waals surface area contributed by atoms with E-state index in [0.717, 1.165) is 4.47 Å². The molecule has 0 amide bonds. The van der Waals surface area contributed by atoms with E-state index >= 15 is 0 Å². The lowest BCUT2D eigenvalue weighted by atomic mass is 10.1. The van der Waals surface area contributed by atoms with Crippen molar-refractivity contribution < 1.29 is 0 Å². The molecule has 0 fully saturated rings. The number of hydrogen-bond donors (Lipinski definition) is 0. The molecule has 1 aliphatic rings. The first-order valence-electron chi connectivity index (χ1n) is 3.13. The zero-order chi connectivity index (χ0) is 6.97. The van der Waals surface area contributed by atoms with E-state index < -0.39 is 0 Å². The minimum atomic E-state index is 0.357. The second-order valence-electron chi connectivity index (χ2n) is 2.24. The van der Waals surface area contributed by atoms with Crippen LogP contribution >= 0.6 is 15.9 Å². The van der Waals surface area contributed by atoms with Gasteiger partial charge in [-0.3, -0.25) is 0 Å². The highest BCUT2D eigenvalue weighted by Crippen LogP contribution is 2.28. The van der Waals surface area contributed by atoms with Gasteiger partial charge in [-0.2, -0.15) is 0 Å². The molecule has 0 spiro atoms. The van der Waals surface area contributed by atoms with E-state index in [1.54, 1.807) is 0 Å². The van der Waals surface area contributed by atoms with Gasteiger partial charge in [0.25, 0.3) is 0 Å². The van der Waals surface area contributed by atoms with Crippen LogP contribution in [-0.2, 0) is 0 Å². The molecule has 2 rings (SSSR count). The van der Waals surface area contributed by atoms with E-state index in [0.29, 0.717) is 5.92 Å². The first kappa shape index (κ1) is 6.00. The van der Waals surface area contributed by atoms with Crippen LogP contribution in [0.4, 0.5) is 0 Å². The molecule has 0 aromatic heterocycles. The van der Waals surface area contributed by atoms with Crippen LogP contribution in [0.1, 0.15) is 11.5 Å². The summed E-state index contributed by atoms with van der Waals surface area (Å²) in [5, 5.41) is 0. The summed E-state index contributed by atoms with van der Waals surface area (Å²) in [4.78, 5) is 0. The monoisotopic (exact) mass is 192 g/mol. The first-order chi connectivity index (χ1) is 4.88. The molecule has 0 aliphatic heterocycles. The van der Waals surface area contributed by atoms with Crippen LogP contribution in [0.25, 0.3) is 0 Å². The summed E-state index contributed by atoms with van der Waals surface area (Å²) in [6, 6.07) is 8.16. The van der Waals surface area contributed by atoms with Crippen LogP contribution in [0.5, 0.6) is 0 Å². The molecule has 0 atom stereocenters. The molecule has 0 saturated carbocycles. The van der Waals surface area contributed by atoms with Crippen molar-refractivity contribution >= 4 is 15.9 Å². The van der Waals surface area contributed by atoms with E-state index in [1.807, 2.05) is 18.2 Å². The molecule has 1 aromatic rings. The predicted molar refractivity (Wildman–Crippen MR) is 44.7 cm³/mol. The van der Waals surface area contributed by atoms with Gasteiger partial charge in [0, 0.05) is 4.47 Å². The minimum Gasteiger partial charge on any atom is -0.0802 e. The fourth-order valence-electron chi connectivity index (χ4n) is 0.906. The highest BCUT2D eigenvalue weighted by molar-refractivity contribution is 9.10. The molecule has 0 heterocycles. The third-order valence-electron chi connectivity index (χ3n) is 1.50. The zero-order valence-corrected chi connectivity index (χ0v) is 6.85. The molecule has 1 aromatic carbocycles. The fourth-order valence-corrected chi connectivity index (χ4v) is 1.42. The molecule has 10 heavy (non-hydrogen) atoms. The van der Waals surface area contributed by atoms with Crippen LogP contribution in [0.3, 0.4) is 0 Å². The van der Waals surface area contributed by atoms with Crippen molar-refractivity contribution in [2.75, 3.05) is 0 Å². The summed E-state index contributed by atoms with van der Waals surface area (Å²) in [5.41, 5.74) is 1.27. The third-order valence-corrected chi connectivity index (χ3v) is 2.23. The van der Waals surface area contributed by atoms with Crippen molar-refractivity contribution in [3.05, 3.63) is 34.3 Å². The third kappa shape index (κ3) is 0.955. The van der Waals surface area contributed by atoms with Gasteiger partial charge in [0.05, 0.1) is 0 Å². The Morgan fingerprint density at radius 1 is 1.20 bits per heavy atom. The summed E-state index contributed by atoms with van der Waals surface area (Å²) >= 11 is 3.46. The molecule has 0 nitrogen and oxygen atoms in total. The van der Waals surface area contributed by atoms with Crippen molar-refractivity contribution in [3.8, 4) is 11.8 Å². The molecule has 0 bridgehead atoms. The van der Waals surface area contributed by atoms with Crippen molar-refractivity contribution in [1.82, 2.24) is 0 Å². The Hall–Kier alpha value is -0.740. The van der Waals surface area contributed by atoms with Gasteiger partial charge in [-0.15, -0.1) is 0 Å². The van der Waals surface area contributed by atoms with Crippen molar-refractivity contribution in [2.45, 2.75) is 5.92 Å². The van der Waals surface area contributed by atoms with Crippen LogP contribution in [-0.4, -0.2) is 0 Å². The molecular weight excluding hydrogens is 188 g/mol. The molecule has 0 radical (unpaired) electrons. The molecular formula is C9H5Br. The maximum atomic E-state index is 3.46. The van der Waals surface area contributed by atoms with Crippen LogP contribution in [0, 0.1) is 11.8 Å². The Bertz CT molecular complexity index is 309. The second-order valence-corrected chi connectivity index (χ2v) is 3.10. The Morgan fingerprint density at radius 3 is 2.50 bits per heavy atom. The average molecular weight is 193 g/mol. The number of halogens is 1. The maximum Gasteiger partial charge on any atom is 0.107 e. The van der Waals surface area contributed by atoms with E-state index in [4.69, 9.17) is 0 Å². The summed E-state index contributed by atoms with van der Waals surface area (Å²) < 4.78 is 1.15. The number of hydrogen-bond acceptors (Lipinski definition) is 0. The Labute approximate surface area is 68.4 Å². The molecule has 0 saturated heterocycles. The largest absolute Gasteiger partial charge is 0.107 e. The van der Waals surface area contributed by atoms with Crippen molar-refractivity contribution in [3.63, 3.8) is 0 Å². The Morgan fingerprint density at radius 2 is 1.90 bits per heavy atom. The molecule has 0 N–H and O–H groups in total. The van der Waals surface area contributed by atoms with Crippen LogP contribution in [0.2, 0.25) is 0 Å². The minimum absolute atomic E-state index is 0.357. The topological polar surface area (TPSA) is 0 Å². The summed E-state index contributed by atoms with van der Waals surface area (Å²) in [5.74, 6) is 6.38. The lowest BCUT2D eigenvalue weighted by molar-refractivity contribution is 1.24. The van der Waals surface area contributed by atoms with Gasteiger partial charge in [-0.25, -0.2) is 0 Å². The number of benzene rings is 1. The lowest BCUT2D eigenvalue weighted by Gasteiger charge is -1.98. The van der Waals surface area contributed by atoms with Gasteiger partial charge >= 0.3 is 0 Å². The highest BCUT2D eigenvalue weighted by Gasteiger charge is 2.14. The van der Waals surface area contributed by atoms with Crippen molar-refractivity contribution in [1.29, 1.82) is 0 Å². The standard InChI is InChI=1S/C9H5Br/c10-9-4-2-1-3-8(9)7-5-6-7/h1-4,7H. The van der Waals surface area contributed by atoms with Gasteiger partial charge in [0.1, 0.15) is 5.92 Å². The lowest BCUT2D eigenvalue weighted by Crippen LogP contribution is -1.82. The second kappa shape index (κ2) is 2.14. The highest BCUT2D eigenvalue weighted by atomic mass is 79.9. The summed E-state index contributed by atoms with van der Waals surface area (Å²) in [7, 11) is 0. The zero-order valence-electron chi connectivity index (χ0n) is 5.26. The van der Waals surface area contributed by atoms with E-state index in [9.17, 15) is 0 Å². The summed E-state index contributed by atoms with van der Waals surface area (Å²) in [6.07, 6.45) is 0. The number of rotatable bonds is 1. The fraction of sp³-hybridized carbons (Fsp3) is 0.111. The molecule has 1 heteroatoms. The van der Waals surface area contributed by atoms with E-state index in [2.05, 4.69) is 33.8 Å². The smallest absolute Gasteiger partial charge is 0.0802 e. The quantitative estimate of drug-likeness (QED) is 0.601. The average Bonchev–Trinajstić information content (AvgIpc) is 2.71. The molecule has 48 valence electrons. The summed E-state index contributed by atoms with van der Waals surface area (Å²) in [6.45, 7) is 0. The van der Waals surface area contributed by atoms with Gasteiger partial charge < -0.3 is 0 Å².